The van der Waals surface area contributed by atoms with E-state index in [1.165, 1.54) is 0 Å². The molecule has 1 unspecified atom stereocenters. The van der Waals surface area contributed by atoms with E-state index >= 15 is 0 Å². The van der Waals surface area contributed by atoms with Crippen LogP contribution in [-0.4, -0.2) is 158 Å². The number of carbonyl (C=O) groups is 4. The van der Waals surface area contributed by atoms with E-state index in [1.54, 1.807) is 33.4 Å². The van der Waals surface area contributed by atoms with Crippen molar-refractivity contribution in [1.29, 1.82) is 0 Å². The van der Waals surface area contributed by atoms with Gasteiger partial charge in [0, 0.05) is 68.7 Å². The number of carbonyl (C=O) groups excluding carboxylic acids is 4. The number of benzene rings is 3. The van der Waals surface area contributed by atoms with Gasteiger partial charge in [-0.25, -0.2) is 9.97 Å². The lowest BCUT2D eigenvalue weighted by Gasteiger charge is -2.35. The quantitative estimate of drug-likeness (QED) is 0.0346. The summed E-state index contributed by atoms with van der Waals surface area (Å²) < 4.78 is 35.7. The molecular formula is C58H74BrN9O10S. The van der Waals surface area contributed by atoms with Gasteiger partial charge in [-0.05, 0) is 108 Å². The summed E-state index contributed by atoms with van der Waals surface area (Å²) in [5.41, 5.74) is 6.83. The molecule has 2 aromatic heterocycles. The number of halogens is 1. The molecule has 1 aliphatic carbocycles. The molecule has 5 aromatic rings. The van der Waals surface area contributed by atoms with Crippen molar-refractivity contribution in [2.24, 2.45) is 11.8 Å². The molecule has 1 saturated carbocycles. The van der Waals surface area contributed by atoms with Crippen molar-refractivity contribution in [1.82, 2.24) is 35.0 Å². The van der Waals surface area contributed by atoms with Crippen molar-refractivity contribution in [3.05, 3.63) is 105 Å². The third kappa shape index (κ3) is 16.4. The maximum absolute atomic E-state index is 14.2. The summed E-state index contributed by atoms with van der Waals surface area (Å²) in [5, 5.41) is 9.66. The fourth-order valence-corrected chi connectivity index (χ4v) is 10.8. The normalized spacial score (nSPS) is 15.5. The van der Waals surface area contributed by atoms with Crippen LogP contribution in [0.4, 0.5) is 17.5 Å². The summed E-state index contributed by atoms with van der Waals surface area (Å²) >= 11 is 5.08. The minimum absolute atomic E-state index is 0.142. The summed E-state index contributed by atoms with van der Waals surface area (Å²) in [6.07, 6.45) is 6.92. The highest BCUT2D eigenvalue weighted by Gasteiger charge is 2.44. The first-order valence-corrected chi connectivity index (χ1v) is 29.1. The molecule has 2 atom stereocenters. The van der Waals surface area contributed by atoms with Gasteiger partial charge >= 0.3 is 0 Å². The van der Waals surface area contributed by atoms with Gasteiger partial charge in [-0.3, -0.25) is 19.2 Å². The molecule has 0 radical (unpaired) electrons. The van der Waals surface area contributed by atoms with Crippen molar-refractivity contribution < 1.29 is 47.6 Å². The van der Waals surface area contributed by atoms with Gasteiger partial charge < -0.3 is 59.1 Å². The molecule has 0 bridgehead atoms. The Labute approximate surface area is 475 Å². The highest BCUT2D eigenvalue weighted by molar-refractivity contribution is 9.10. The first-order chi connectivity index (χ1) is 38.4. The van der Waals surface area contributed by atoms with Crippen LogP contribution in [0.2, 0.25) is 0 Å². The van der Waals surface area contributed by atoms with Crippen LogP contribution in [0.15, 0.2) is 82.9 Å². The monoisotopic (exact) mass is 1170 g/mol. The molecule has 3 N–H and O–H groups in total. The SMILES string of the molecule is Cc1ncsc1-c1ccc(CNC(=O)[C@@H]2CCCN2C(=O)C(C(C)C)N2Cc3ccccc3C2=O)c(OCCOCCOCCOCCOCCOc2ccc(Nc3ncc(Br)c(NCCCN(C)C(=O)C4CCC4)n3)cc2)c1. The second-order valence-electron chi connectivity index (χ2n) is 20.1. The zero-order valence-electron chi connectivity index (χ0n) is 45.7. The van der Waals surface area contributed by atoms with Crippen LogP contribution in [-0.2, 0) is 46.4 Å². The molecule has 2 aliphatic heterocycles. The summed E-state index contributed by atoms with van der Waals surface area (Å²) in [5.74, 6) is 2.20. The number of aryl methyl sites for hydroxylation is 1. The lowest BCUT2D eigenvalue weighted by Crippen LogP contribution is -2.55. The number of rotatable bonds is 32. The van der Waals surface area contributed by atoms with Gasteiger partial charge in [0.2, 0.25) is 23.7 Å². The van der Waals surface area contributed by atoms with Crippen LogP contribution < -0.4 is 25.4 Å². The van der Waals surface area contributed by atoms with Crippen LogP contribution in [0.1, 0.15) is 79.6 Å². The van der Waals surface area contributed by atoms with Crippen LogP contribution >= 0.6 is 27.3 Å². The Hall–Kier alpha value is -6.23. The predicted molar refractivity (Wildman–Crippen MR) is 306 cm³/mol. The largest absolute Gasteiger partial charge is 0.491 e. The van der Waals surface area contributed by atoms with Crippen molar-refractivity contribution in [3.8, 4) is 21.9 Å². The van der Waals surface area contributed by atoms with E-state index in [0.717, 1.165) is 63.1 Å². The number of thiazole rings is 1. The second kappa shape index (κ2) is 29.8. The zero-order chi connectivity index (χ0) is 55.5. The zero-order valence-corrected chi connectivity index (χ0v) is 48.1. The molecule has 8 rings (SSSR count). The van der Waals surface area contributed by atoms with Crippen molar-refractivity contribution in [2.75, 3.05) is 103 Å². The van der Waals surface area contributed by atoms with Crippen molar-refractivity contribution in [3.63, 3.8) is 0 Å². The number of nitrogens with zero attached hydrogens (tertiary/aromatic N) is 6. The van der Waals surface area contributed by atoms with Gasteiger partial charge in [0.15, 0.2) is 0 Å². The molecule has 424 valence electrons. The molecule has 3 aromatic carbocycles. The van der Waals surface area contributed by atoms with Crippen LogP contribution in [0.5, 0.6) is 11.5 Å². The highest BCUT2D eigenvalue weighted by atomic mass is 79.9. The Morgan fingerprint density at radius 1 is 0.848 bits per heavy atom. The summed E-state index contributed by atoms with van der Waals surface area (Å²) in [4.78, 5) is 73.5. The maximum Gasteiger partial charge on any atom is 0.255 e. The minimum atomic E-state index is -0.678. The Kier molecular flexibility index (Phi) is 22.2. The number of fused-ring (bicyclic) bond motifs is 1. The molecule has 4 heterocycles. The van der Waals surface area contributed by atoms with E-state index in [2.05, 4.69) is 46.8 Å². The van der Waals surface area contributed by atoms with Gasteiger partial charge in [-0.2, -0.15) is 4.98 Å². The summed E-state index contributed by atoms with van der Waals surface area (Å²) in [6.45, 7) is 12.1. The molecule has 3 aliphatic rings. The molecule has 2 fully saturated rings. The Morgan fingerprint density at radius 2 is 1.54 bits per heavy atom. The average Bonchev–Trinajstić information content (AvgIpc) is 4.30. The molecular weight excluding hydrogens is 1090 g/mol. The molecule has 21 heteroatoms. The van der Waals surface area contributed by atoms with Crippen LogP contribution in [0, 0.1) is 18.8 Å². The van der Waals surface area contributed by atoms with Gasteiger partial charge in [0.25, 0.3) is 5.91 Å². The number of ether oxygens (including phenoxy) is 6. The minimum Gasteiger partial charge on any atom is -0.491 e. The average molecular weight is 1170 g/mol. The number of hydrogen-bond donors (Lipinski definition) is 3. The number of nitrogens with one attached hydrogen (secondary N) is 3. The lowest BCUT2D eigenvalue weighted by atomic mass is 9.84. The van der Waals surface area contributed by atoms with E-state index in [4.69, 9.17) is 28.4 Å². The van der Waals surface area contributed by atoms with E-state index in [0.29, 0.717) is 127 Å². The fourth-order valence-electron chi connectivity index (χ4n) is 9.71. The van der Waals surface area contributed by atoms with E-state index in [1.807, 2.05) is 98.9 Å². The summed E-state index contributed by atoms with van der Waals surface area (Å²) in [6, 6.07) is 19.6. The topological polar surface area (TPSA) is 208 Å². The van der Waals surface area contributed by atoms with E-state index < -0.39 is 12.1 Å². The number of hydrogen-bond acceptors (Lipinski definition) is 16. The smallest absolute Gasteiger partial charge is 0.255 e. The van der Waals surface area contributed by atoms with E-state index in [-0.39, 0.29) is 48.6 Å². The summed E-state index contributed by atoms with van der Waals surface area (Å²) in [7, 11) is 1.88. The third-order valence-corrected chi connectivity index (χ3v) is 15.7. The van der Waals surface area contributed by atoms with Crippen LogP contribution in [0.3, 0.4) is 0 Å². The molecule has 4 amide bonds. The van der Waals surface area contributed by atoms with Gasteiger partial charge in [-0.15, -0.1) is 11.3 Å². The van der Waals surface area contributed by atoms with Gasteiger partial charge in [0.1, 0.15) is 42.6 Å². The molecule has 1 saturated heterocycles. The Balaban J connectivity index is 0.668. The van der Waals surface area contributed by atoms with E-state index in [9.17, 15) is 19.2 Å². The van der Waals surface area contributed by atoms with Gasteiger partial charge in [0.05, 0.1) is 73.4 Å². The van der Waals surface area contributed by atoms with Gasteiger partial charge in [-0.1, -0.05) is 50.6 Å². The van der Waals surface area contributed by atoms with Crippen molar-refractivity contribution in [2.45, 2.75) is 84.5 Å². The maximum atomic E-state index is 14.2. The lowest BCUT2D eigenvalue weighted by molar-refractivity contribution is -0.143. The first kappa shape index (κ1) is 58.9. The number of anilines is 3. The Bertz CT molecular complexity index is 2800. The second-order valence-corrected chi connectivity index (χ2v) is 21.8. The predicted octanol–water partition coefficient (Wildman–Crippen LogP) is 8.29. The molecule has 0 spiro atoms. The Morgan fingerprint density at radius 3 is 2.20 bits per heavy atom. The fraction of sp³-hybridized carbons (Fsp3) is 0.500. The van der Waals surface area contributed by atoms with Crippen molar-refractivity contribution >= 4 is 68.3 Å². The van der Waals surface area contributed by atoms with Crippen LogP contribution in [0.25, 0.3) is 10.4 Å². The number of aromatic nitrogens is 3. The number of amides is 4. The molecule has 79 heavy (non-hydrogen) atoms. The molecule has 19 nitrogen and oxygen atoms in total. The highest BCUT2D eigenvalue weighted by Crippen LogP contribution is 2.34. The standard InChI is InChI=1S/C58H74BrN9O10S/c1-39(2)51(68-37-44-10-5-6-13-47(44)56(68)71)57(72)67-23-8-14-49(67)54(69)61-35-43-16-15-42(52-40(3)63-38-79-52)34-50(43)78-33-31-76-29-27-74-25-24-73-26-28-75-30-32-77-46-19-17-45(18-20-46)64-58-62-36-48(59)53(65-58)60-21-9-22-66(4)55(70)41-11-7-12-41/h5-6,10,13,15-20,34,36,38-39,41,49,51H,7-9,11-12,14,21-33,35,37H2,1-4H3,(H,61,69)(H2,60,62,64,65)/t49-,51?/m0/s1. The first-order valence-electron chi connectivity index (χ1n) is 27.4. The number of likely N-dealkylation sites (tertiary alicyclic amines) is 1. The third-order valence-electron chi connectivity index (χ3n) is 14.2.